The van der Waals surface area contributed by atoms with Crippen LogP contribution in [0.3, 0.4) is 0 Å². The molecule has 4 nitrogen and oxygen atoms in total. The molecule has 1 heterocycles. The van der Waals surface area contributed by atoms with Crippen LogP contribution in [0.2, 0.25) is 0 Å². The Bertz CT molecular complexity index is 1130. The summed E-state index contributed by atoms with van der Waals surface area (Å²) >= 11 is 0. The Morgan fingerprint density at radius 1 is 0.970 bits per heavy atom. The van der Waals surface area contributed by atoms with Crippen molar-refractivity contribution in [1.82, 2.24) is 0 Å². The van der Waals surface area contributed by atoms with Crippen molar-refractivity contribution < 1.29 is 14.0 Å². The summed E-state index contributed by atoms with van der Waals surface area (Å²) in [6, 6.07) is 22.5. The quantitative estimate of drug-likeness (QED) is 0.434. The summed E-state index contributed by atoms with van der Waals surface area (Å²) in [4.78, 5) is 30.2. The van der Waals surface area contributed by atoms with Crippen molar-refractivity contribution in [3.05, 3.63) is 95.8 Å². The van der Waals surface area contributed by atoms with Crippen LogP contribution in [0.4, 0.5) is 15.8 Å². The number of halogens is 1. The number of unbranched alkanes of at least 4 members (excludes halogenated alkanes) is 1. The lowest BCUT2D eigenvalue weighted by Gasteiger charge is -2.43. The summed E-state index contributed by atoms with van der Waals surface area (Å²) in [5.41, 5.74) is 2.38. The van der Waals surface area contributed by atoms with Gasteiger partial charge in [0.2, 0.25) is 5.91 Å². The predicted octanol–water partition coefficient (Wildman–Crippen LogP) is 6.53. The number of fused-ring (bicyclic) bond motifs is 1. The molecule has 170 valence electrons. The van der Waals surface area contributed by atoms with Crippen molar-refractivity contribution in [3.8, 4) is 0 Å². The third-order valence-electron chi connectivity index (χ3n) is 6.24. The molecule has 0 aromatic heterocycles. The van der Waals surface area contributed by atoms with Crippen molar-refractivity contribution in [1.29, 1.82) is 0 Å². The van der Waals surface area contributed by atoms with Gasteiger partial charge >= 0.3 is 0 Å². The molecule has 4 rings (SSSR count). The van der Waals surface area contributed by atoms with E-state index in [4.69, 9.17) is 0 Å². The molecule has 1 aliphatic rings. The van der Waals surface area contributed by atoms with Gasteiger partial charge in [0, 0.05) is 23.7 Å². The highest BCUT2D eigenvalue weighted by Gasteiger charge is 2.39. The normalized spacial score (nSPS) is 17.4. The Morgan fingerprint density at radius 2 is 1.64 bits per heavy atom. The Kier molecular flexibility index (Phi) is 6.87. The second-order valence-electron chi connectivity index (χ2n) is 8.52. The van der Waals surface area contributed by atoms with E-state index in [-0.39, 0.29) is 23.5 Å². The number of carbonyl (C=O) groups is 2. The molecule has 2 amide bonds. The minimum atomic E-state index is -0.451. The molecule has 2 unspecified atom stereocenters. The van der Waals surface area contributed by atoms with Gasteiger partial charge in [-0.15, -0.1) is 0 Å². The number of hydrogen-bond donors (Lipinski definition) is 0. The SMILES string of the molecule is CCCCC(=O)N1c2ccccc2C(N(C(=O)c2ccccc2)c2ccccc2F)CC1C. The first-order valence-corrected chi connectivity index (χ1v) is 11.6. The lowest BCUT2D eigenvalue weighted by atomic mass is 9.89. The van der Waals surface area contributed by atoms with Gasteiger partial charge < -0.3 is 4.90 Å². The van der Waals surface area contributed by atoms with Crippen LogP contribution in [0.15, 0.2) is 78.9 Å². The van der Waals surface area contributed by atoms with E-state index in [1.54, 1.807) is 47.4 Å². The number of para-hydroxylation sites is 2. The standard InChI is InChI=1S/C28H29FN2O2/c1-3-4-18-27(32)30-20(2)19-26(22-14-8-10-16-24(22)30)31(25-17-11-9-15-23(25)29)28(33)21-12-6-5-7-13-21/h5-17,20,26H,3-4,18-19H2,1-2H3. The van der Waals surface area contributed by atoms with E-state index in [2.05, 4.69) is 6.92 Å². The van der Waals surface area contributed by atoms with Crippen LogP contribution in [0.1, 0.15) is 61.5 Å². The minimum Gasteiger partial charge on any atom is -0.309 e. The van der Waals surface area contributed by atoms with Crippen LogP contribution in [-0.4, -0.2) is 17.9 Å². The number of hydrogen-bond acceptors (Lipinski definition) is 2. The first-order valence-electron chi connectivity index (χ1n) is 11.6. The van der Waals surface area contributed by atoms with Gasteiger partial charge in [-0.1, -0.05) is 61.9 Å². The monoisotopic (exact) mass is 444 g/mol. The average molecular weight is 445 g/mol. The number of rotatable bonds is 6. The fourth-order valence-electron chi connectivity index (χ4n) is 4.64. The van der Waals surface area contributed by atoms with Crippen molar-refractivity contribution in [2.24, 2.45) is 0 Å². The highest BCUT2D eigenvalue weighted by molar-refractivity contribution is 6.07. The molecule has 0 saturated heterocycles. The third-order valence-corrected chi connectivity index (χ3v) is 6.24. The molecule has 0 fully saturated rings. The Balaban J connectivity index is 1.82. The van der Waals surface area contributed by atoms with Crippen LogP contribution in [0, 0.1) is 5.82 Å². The number of carbonyl (C=O) groups excluding carboxylic acids is 2. The molecular weight excluding hydrogens is 415 g/mol. The number of benzene rings is 3. The van der Waals surface area contributed by atoms with Gasteiger partial charge in [-0.2, -0.15) is 0 Å². The molecule has 33 heavy (non-hydrogen) atoms. The number of amides is 2. The van der Waals surface area contributed by atoms with E-state index < -0.39 is 11.9 Å². The molecule has 5 heteroatoms. The fourth-order valence-corrected chi connectivity index (χ4v) is 4.64. The van der Waals surface area contributed by atoms with Crippen molar-refractivity contribution in [2.75, 3.05) is 9.80 Å². The van der Waals surface area contributed by atoms with Crippen molar-refractivity contribution in [3.63, 3.8) is 0 Å². The maximum Gasteiger partial charge on any atom is 0.258 e. The molecule has 2 atom stereocenters. The second kappa shape index (κ2) is 9.99. The molecule has 3 aromatic rings. The summed E-state index contributed by atoms with van der Waals surface area (Å²) in [6.45, 7) is 4.07. The molecule has 0 saturated carbocycles. The van der Waals surface area contributed by atoms with Gasteiger partial charge in [-0.05, 0) is 55.7 Å². The van der Waals surface area contributed by atoms with Crippen LogP contribution < -0.4 is 9.80 Å². The Hall–Kier alpha value is -3.47. The van der Waals surface area contributed by atoms with Gasteiger partial charge in [0.1, 0.15) is 5.82 Å². The van der Waals surface area contributed by atoms with Gasteiger partial charge in [0.15, 0.2) is 0 Å². The summed E-state index contributed by atoms with van der Waals surface area (Å²) in [6.07, 6.45) is 2.79. The highest BCUT2D eigenvalue weighted by Crippen LogP contribution is 2.43. The van der Waals surface area contributed by atoms with Crippen LogP contribution in [0.25, 0.3) is 0 Å². The zero-order valence-corrected chi connectivity index (χ0v) is 19.1. The van der Waals surface area contributed by atoms with Crippen molar-refractivity contribution in [2.45, 2.75) is 51.6 Å². The smallest absolute Gasteiger partial charge is 0.258 e. The van der Waals surface area contributed by atoms with Gasteiger partial charge in [-0.3, -0.25) is 14.5 Å². The molecule has 3 aromatic carbocycles. The predicted molar refractivity (Wildman–Crippen MR) is 130 cm³/mol. The molecule has 0 radical (unpaired) electrons. The Labute approximate surface area is 194 Å². The number of anilines is 2. The van der Waals surface area contributed by atoms with Crippen molar-refractivity contribution >= 4 is 23.2 Å². The van der Waals surface area contributed by atoms with E-state index in [0.29, 0.717) is 18.4 Å². The van der Waals surface area contributed by atoms with E-state index in [1.165, 1.54) is 6.07 Å². The third kappa shape index (κ3) is 4.54. The minimum absolute atomic E-state index is 0.0853. The topological polar surface area (TPSA) is 40.6 Å². The van der Waals surface area contributed by atoms with Gasteiger partial charge in [0.25, 0.3) is 5.91 Å². The van der Waals surface area contributed by atoms with E-state index in [1.807, 2.05) is 42.2 Å². The zero-order chi connectivity index (χ0) is 23.4. The lowest BCUT2D eigenvalue weighted by molar-refractivity contribution is -0.119. The molecule has 0 aliphatic carbocycles. The van der Waals surface area contributed by atoms with E-state index in [0.717, 1.165) is 24.1 Å². The molecule has 0 bridgehead atoms. The lowest BCUT2D eigenvalue weighted by Crippen LogP contribution is -2.48. The van der Waals surface area contributed by atoms with Crippen LogP contribution in [0.5, 0.6) is 0 Å². The largest absolute Gasteiger partial charge is 0.309 e. The molecule has 0 spiro atoms. The molecule has 1 aliphatic heterocycles. The number of nitrogens with zero attached hydrogens (tertiary/aromatic N) is 2. The van der Waals surface area contributed by atoms with Gasteiger partial charge in [-0.25, -0.2) is 4.39 Å². The first-order chi connectivity index (χ1) is 16.0. The van der Waals surface area contributed by atoms with E-state index >= 15 is 4.39 Å². The first kappa shape index (κ1) is 22.7. The van der Waals surface area contributed by atoms with Crippen LogP contribution >= 0.6 is 0 Å². The highest BCUT2D eigenvalue weighted by atomic mass is 19.1. The fraction of sp³-hybridized carbons (Fsp3) is 0.286. The average Bonchev–Trinajstić information content (AvgIpc) is 2.84. The van der Waals surface area contributed by atoms with Gasteiger partial charge in [0.05, 0.1) is 11.7 Å². The summed E-state index contributed by atoms with van der Waals surface area (Å²) in [5.74, 6) is -0.631. The maximum absolute atomic E-state index is 15.0. The maximum atomic E-state index is 15.0. The Morgan fingerprint density at radius 3 is 2.36 bits per heavy atom. The summed E-state index contributed by atoms with van der Waals surface area (Å²) in [5, 5.41) is 0. The molecule has 0 N–H and O–H groups in total. The summed E-state index contributed by atoms with van der Waals surface area (Å²) < 4.78 is 15.0. The molecular formula is C28H29FN2O2. The zero-order valence-electron chi connectivity index (χ0n) is 19.1. The van der Waals surface area contributed by atoms with Crippen LogP contribution in [-0.2, 0) is 4.79 Å². The second-order valence-corrected chi connectivity index (χ2v) is 8.52. The summed E-state index contributed by atoms with van der Waals surface area (Å²) in [7, 11) is 0. The van der Waals surface area contributed by atoms with E-state index in [9.17, 15) is 9.59 Å².